The highest BCUT2D eigenvalue weighted by Gasteiger charge is 2.13. The van der Waals surface area contributed by atoms with Crippen molar-refractivity contribution in [3.8, 4) is 5.75 Å². The van der Waals surface area contributed by atoms with Crippen LogP contribution in [0.5, 0.6) is 5.75 Å². The van der Waals surface area contributed by atoms with Crippen LogP contribution in [0.2, 0.25) is 0 Å². The Morgan fingerprint density at radius 3 is 2.06 bits per heavy atom. The van der Waals surface area contributed by atoms with Crippen molar-refractivity contribution in [1.82, 2.24) is 0 Å². The van der Waals surface area contributed by atoms with E-state index in [9.17, 15) is 0 Å². The molecule has 0 radical (unpaired) electrons. The molecule has 0 saturated heterocycles. The van der Waals surface area contributed by atoms with Crippen LogP contribution in [0.4, 0.5) is 17.1 Å². The first-order valence-corrected chi connectivity index (χ1v) is 12.8. The summed E-state index contributed by atoms with van der Waals surface area (Å²) in [6.07, 6.45) is 15.8. The van der Waals surface area contributed by atoms with Gasteiger partial charge in [0.2, 0.25) is 0 Å². The molecule has 0 heterocycles. The third kappa shape index (κ3) is 10.3. The van der Waals surface area contributed by atoms with Crippen LogP contribution in [0.25, 0.3) is 0 Å². The molecule has 176 valence electrons. The Bertz CT molecular complexity index is 748. The minimum atomic E-state index is 0.592. The van der Waals surface area contributed by atoms with Crippen molar-refractivity contribution < 1.29 is 10.3 Å². The SMILES string of the molecule is CCCCCCCCC(CCCCCC)COc1cc(Nc2ccccc2)ccc1N=[NH2+]. The molecule has 0 spiro atoms. The van der Waals surface area contributed by atoms with E-state index in [-0.39, 0.29) is 0 Å². The number of nitrogens with two attached hydrogens (primary N) is 1. The average Bonchev–Trinajstić information content (AvgIpc) is 2.82. The molecule has 32 heavy (non-hydrogen) atoms. The smallest absolute Gasteiger partial charge is 0.171 e. The minimum Gasteiger partial charge on any atom is -0.491 e. The number of benzene rings is 2. The first-order valence-electron chi connectivity index (χ1n) is 12.8. The maximum absolute atomic E-state index is 6.31. The summed E-state index contributed by atoms with van der Waals surface area (Å²) in [5.41, 5.74) is 8.37. The van der Waals surface area contributed by atoms with Crippen molar-refractivity contribution in [3.05, 3.63) is 48.5 Å². The van der Waals surface area contributed by atoms with Gasteiger partial charge in [0.15, 0.2) is 11.4 Å². The predicted molar refractivity (Wildman–Crippen MR) is 136 cm³/mol. The number of hydrogen-bond acceptors (Lipinski definition) is 3. The largest absolute Gasteiger partial charge is 0.491 e. The van der Waals surface area contributed by atoms with Crippen molar-refractivity contribution in [1.29, 1.82) is 0 Å². The van der Waals surface area contributed by atoms with E-state index in [1.54, 1.807) is 0 Å². The highest BCUT2D eigenvalue weighted by atomic mass is 16.5. The molecule has 2 aromatic carbocycles. The van der Waals surface area contributed by atoms with Crippen molar-refractivity contribution in [2.24, 2.45) is 11.0 Å². The average molecular weight is 439 g/mol. The highest BCUT2D eigenvalue weighted by Crippen LogP contribution is 2.32. The second-order valence-corrected chi connectivity index (χ2v) is 8.89. The van der Waals surface area contributed by atoms with Gasteiger partial charge in [-0.25, -0.2) is 0 Å². The second-order valence-electron chi connectivity index (χ2n) is 8.89. The lowest BCUT2D eigenvalue weighted by atomic mass is 9.95. The standard InChI is InChI=1S/C28H43N3O/c1-3-5-7-9-10-13-17-24(16-12-8-6-4-2)23-32-28-22-26(20-21-27(28)31-29)30-25-18-14-11-15-19-25/h11,14-15,18-22,24,29-30H,3-10,12-13,16-17,23H2,1-2H3/p+1. The van der Waals surface area contributed by atoms with Crippen LogP contribution >= 0.6 is 0 Å². The Morgan fingerprint density at radius 2 is 1.41 bits per heavy atom. The number of unbranched alkanes of at least 4 members (excludes halogenated alkanes) is 8. The van der Waals surface area contributed by atoms with Crippen LogP contribution in [-0.4, -0.2) is 6.61 Å². The van der Waals surface area contributed by atoms with Gasteiger partial charge in [-0.2, -0.15) is 5.53 Å². The quantitative estimate of drug-likeness (QED) is 0.183. The van der Waals surface area contributed by atoms with E-state index in [1.807, 2.05) is 36.4 Å². The lowest BCUT2D eigenvalue weighted by Crippen LogP contribution is -2.22. The Hall–Kier alpha value is -2.36. The van der Waals surface area contributed by atoms with Crippen LogP contribution < -0.4 is 15.6 Å². The van der Waals surface area contributed by atoms with Gasteiger partial charge in [0.05, 0.1) is 6.61 Å². The van der Waals surface area contributed by atoms with Crippen molar-refractivity contribution in [2.75, 3.05) is 11.9 Å². The minimum absolute atomic E-state index is 0.592. The lowest BCUT2D eigenvalue weighted by molar-refractivity contribution is -0.210. The Balaban J connectivity index is 1.93. The van der Waals surface area contributed by atoms with Gasteiger partial charge in [-0.1, -0.05) is 96.3 Å². The molecule has 0 saturated carbocycles. The predicted octanol–water partition coefficient (Wildman–Crippen LogP) is 7.99. The number of para-hydroxylation sites is 1. The molecule has 0 aliphatic heterocycles. The number of nitrogens with zero attached hydrogens (tertiary/aromatic N) is 1. The van der Waals surface area contributed by atoms with E-state index < -0.39 is 0 Å². The van der Waals surface area contributed by atoms with E-state index in [0.717, 1.165) is 23.7 Å². The summed E-state index contributed by atoms with van der Waals surface area (Å²) in [5.74, 6) is 1.35. The fraction of sp³-hybridized carbons (Fsp3) is 0.571. The first kappa shape index (κ1) is 25.9. The summed E-state index contributed by atoms with van der Waals surface area (Å²) in [7, 11) is 0. The van der Waals surface area contributed by atoms with Gasteiger partial charge in [-0.15, -0.1) is 0 Å². The molecule has 2 aromatic rings. The van der Waals surface area contributed by atoms with Crippen molar-refractivity contribution >= 4 is 17.1 Å². The molecule has 1 unspecified atom stereocenters. The van der Waals surface area contributed by atoms with Crippen LogP contribution in [0.15, 0.2) is 53.6 Å². The molecule has 3 N–H and O–H groups in total. The van der Waals surface area contributed by atoms with E-state index in [2.05, 4.69) is 36.4 Å². The molecule has 0 amide bonds. The molecule has 0 aliphatic rings. The molecule has 4 heteroatoms. The number of hydrogen-bond donors (Lipinski definition) is 2. The van der Waals surface area contributed by atoms with Gasteiger partial charge in [0, 0.05) is 17.4 Å². The second kappa shape index (κ2) is 16.3. The van der Waals surface area contributed by atoms with Gasteiger partial charge in [-0.05, 0) is 48.1 Å². The van der Waals surface area contributed by atoms with Gasteiger partial charge >= 0.3 is 0 Å². The molecule has 0 aromatic heterocycles. The van der Waals surface area contributed by atoms with E-state index in [4.69, 9.17) is 10.3 Å². The molecule has 0 fully saturated rings. The normalized spacial score (nSPS) is 11.8. The molecular formula is C28H44N3O+. The summed E-state index contributed by atoms with van der Waals surface area (Å²) in [5, 5.41) is 7.36. The zero-order chi connectivity index (χ0) is 22.9. The summed E-state index contributed by atoms with van der Waals surface area (Å²) in [4.78, 5) is 0. The van der Waals surface area contributed by atoms with Crippen LogP contribution in [0, 0.1) is 5.92 Å². The maximum Gasteiger partial charge on any atom is 0.171 e. The number of ether oxygens (including phenoxy) is 1. The fourth-order valence-corrected chi connectivity index (χ4v) is 4.09. The third-order valence-corrected chi connectivity index (χ3v) is 6.07. The molecule has 2 rings (SSSR count). The molecule has 1 atom stereocenters. The summed E-state index contributed by atoms with van der Waals surface area (Å²) in [6, 6.07) is 16.1. The zero-order valence-corrected chi connectivity index (χ0v) is 20.3. The van der Waals surface area contributed by atoms with Crippen LogP contribution in [-0.2, 0) is 0 Å². The van der Waals surface area contributed by atoms with E-state index >= 15 is 0 Å². The molecule has 0 aliphatic carbocycles. The summed E-state index contributed by atoms with van der Waals surface area (Å²) in [6.45, 7) is 5.28. The number of anilines is 2. The van der Waals surface area contributed by atoms with Crippen molar-refractivity contribution in [2.45, 2.75) is 90.9 Å². The number of rotatable bonds is 18. The van der Waals surface area contributed by atoms with Gasteiger partial charge < -0.3 is 10.1 Å². The highest BCUT2D eigenvalue weighted by molar-refractivity contribution is 5.66. The zero-order valence-electron chi connectivity index (χ0n) is 20.3. The molecular weight excluding hydrogens is 394 g/mol. The molecule has 4 nitrogen and oxygen atoms in total. The lowest BCUT2D eigenvalue weighted by Gasteiger charge is -2.19. The Kier molecular flexibility index (Phi) is 13.2. The van der Waals surface area contributed by atoms with E-state index in [1.165, 1.54) is 77.0 Å². The topological polar surface area (TPSA) is 59.2 Å². The fourth-order valence-electron chi connectivity index (χ4n) is 4.09. The van der Waals surface area contributed by atoms with Gasteiger partial charge in [0.1, 0.15) is 0 Å². The Morgan fingerprint density at radius 1 is 0.781 bits per heavy atom. The monoisotopic (exact) mass is 438 g/mol. The van der Waals surface area contributed by atoms with E-state index in [0.29, 0.717) is 11.6 Å². The van der Waals surface area contributed by atoms with Gasteiger partial charge in [-0.3, -0.25) is 0 Å². The first-order chi connectivity index (χ1) is 15.8. The summed E-state index contributed by atoms with van der Waals surface area (Å²) >= 11 is 0. The van der Waals surface area contributed by atoms with Gasteiger partial charge in [0.25, 0.3) is 0 Å². The molecule has 0 bridgehead atoms. The van der Waals surface area contributed by atoms with Crippen LogP contribution in [0.3, 0.4) is 0 Å². The number of nitrogens with one attached hydrogen (secondary N) is 1. The Labute approximate surface area is 195 Å². The third-order valence-electron chi connectivity index (χ3n) is 6.07. The van der Waals surface area contributed by atoms with Crippen molar-refractivity contribution in [3.63, 3.8) is 0 Å². The van der Waals surface area contributed by atoms with Crippen LogP contribution in [0.1, 0.15) is 90.9 Å². The summed E-state index contributed by atoms with van der Waals surface area (Å²) < 4.78 is 6.31. The maximum atomic E-state index is 6.31.